The van der Waals surface area contributed by atoms with Crippen LogP contribution in [-0.4, -0.2) is 61.7 Å². The van der Waals surface area contributed by atoms with E-state index in [1.165, 1.54) is 14.2 Å². The molecule has 0 saturated carbocycles. The van der Waals surface area contributed by atoms with Gasteiger partial charge in [0.25, 0.3) is 0 Å². The molecule has 1 amide bonds. The lowest BCUT2D eigenvalue weighted by Gasteiger charge is -2.38. The van der Waals surface area contributed by atoms with Crippen molar-refractivity contribution in [2.75, 3.05) is 39.2 Å². The van der Waals surface area contributed by atoms with Gasteiger partial charge in [-0.2, -0.15) is 0 Å². The number of anilines is 1. The molecule has 9 heteroatoms. The van der Waals surface area contributed by atoms with Crippen LogP contribution in [0.2, 0.25) is 0 Å². The number of hydrogen-bond acceptors (Lipinski definition) is 8. The van der Waals surface area contributed by atoms with Crippen molar-refractivity contribution in [3.63, 3.8) is 0 Å². The third-order valence-corrected chi connectivity index (χ3v) is 8.20. The monoisotopic (exact) mass is 575 g/mol. The van der Waals surface area contributed by atoms with Crippen LogP contribution < -0.4 is 10.6 Å². The molecule has 4 rings (SSSR count). The van der Waals surface area contributed by atoms with Gasteiger partial charge < -0.3 is 30.1 Å². The Bertz CT molecular complexity index is 1320. The first-order chi connectivity index (χ1) is 20.2. The van der Waals surface area contributed by atoms with E-state index in [9.17, 15) is 19.5 Å². The van der Waals surface area contributed by atoms with Gasteiger partial charge in [-0.1, -0.05) is 42.5 Å². The van der Waals surface area contributed by atoms with E-state index in [0.29, 0.717) is 53.1 Å². The second-order valence-corrected chi connectivity index (χ2v) is 11.0. The summed E-state index contributed by atoms with van der Waals surface area (Å²) in [4.78, 5) is 40.7. The molecule has 2 aliphatic rings. The van der Waals surface area contributed by atoms with E-state index in [2.05, 4.69) is 15.5 Å². The predicted molar refractivity (Wildman–Crippen MR) is 160 cm³/mol. The number of unbranched alkanes of at least 4 members (excludes halogenated alkanes) is 1. The number of nitrogens with zero attached hydrogens (tertiary/aromatic N) is 1. The van der Waals surface area contributed by atoms with Gasteiger partial charge in [0.1, 0.15) is 0 Å². The molecule has 0 unspecified atom stereocenters. The van der Waals surface area contributed by atoms with Crippen LogP contribution in [0, 0.1) is 0 Å². The van der Waals surface area contributed by atoms with E-state index in [1.54, 1.807) is 32.0 Å². The Balaban J connectivity index is 1.33. The second kappa shape index (κ2) is 13.8. The molecule has 0 atom stereocenters. The van der Waals surface area contributed by atoms with E-state index in [0.717, 1.165) is 38.0 Å². The molecule has 0 aliphatic carbocycles. The first kappa shape index (κ1) is 31.0. The van der Waals surface area contributed by atoms with Gasteiger partial charge in [-0.25, -0.2) is 9.59 Å². The Morgan fingerprint density at radius 2 is 1.55 bits per heavy atom. The van der Waals surface area contributed by atoms with Crippen molar-refractivity contribution >= 4 is 23.5 Å². The number of ether oxygens (including phenoxy) is 2. The lowest BCUT2D eigenvalue weighted by molar-refractivity contribution is -0.137. The lowest BCUT2D eigenvalue weighted by Crippen LogP contribution is -2.42. The first-order valence-electron chi connectivity index (χ1n) is 14.4. The number of rotatable bonds is 10. The summed E-state index contributed by atoms with van der Waals surface area (Å²) in [6.07, 6.45) is 3.39. The Kier molecular flexibility index (Phi) is 10.2. The normalized spacial score (nSPS) is 17.5. The van der Waals surface area contributed by atoms with Gasteiger partial charge >= 0.3 is 11.9 Å². The molecule has 2 heterocycles. The zero-order valence-electron chi connectivity index (χ0n) is 24.9. The van der Waals surface area contributed by atoms with E-state index in [1.807, 2.05) is 36.4 Å². The molecule has 3 N–H and O–H groups in total. The number of nitrogens with one attached hydrogen (secondary N) is 2. The first-order valence-corrected chi connectivity index (χ1v) is 14.4. The summed E-state index contributed by atoms with van der Waals surface area (Å²) in [5, 5.41) is 17.1. The lowest BCUT2D eigenvalue weighted by atomic mass is 9.80. The number of methoxy groups -OCH3 is 2. The van der Waals surface area contributed by atoms with Crippen molar-refractivity contribution in [2.45, 2.75) is 57.5 Å². The van der Waals surface area contributed by atoms with Gasteiger partial charge in [-0.3, -0.25) is 4.79 Å². The van der Waals surface area contributed by atoms with Crippen LogP contribution >= 0.6 is 0 Å². The van der Waals surface area contributed by atoms with E-state index >= 15 is 0 Å². The van der Waals surface area contributed by atoms with Crippen LogP contribution in [0.3, 0.4) is 0 Å². The third-order valence-electron chi connectivity index (χ3n) is 8.20. The van der Waals surface area contributed by atoms with Crippen molar-refractivity contribution in [3.05, 3.63) is 88.3 Å². The van der Waals surface area contributed by atoms with Gasteiger partial charge in [-0.15, -0.1) is 0 Å². The smallest absolute Gasteiger partial charge is 0.336 e. The molecule has 224 valence electrons. The van der Waals surface area contributed by atoms with Gasteiger partial charge in [0.2, 0.25) is 5.91 Å². The van der Waals surface area contributed by atoms with E-state index < -0.39 is 23.5 Å². The zero-order chi connectivity index (χ0) is 30.3. The maximum Gasteiger partial charge on any atom is 0.336 e. The molecule has 1 saturated heterocycles. The number of carbonyl (C=O) groups is 3. The topological polar surface area (TPSA) is 117 Å². The quantitative estimate of drug-likeness (QED) is 0.283. The van der Waals surface area contributed by atoms with Gasteiger partial charge in [0, 0.05) is 36.6 Å². The molecule has 0 aromatic heterocycles. The highest BCUT2D eigenvalue weighted by atomic mass is 16.5. The second-order valence-electron chi connectivity index (χ2n) is 11.0. The zero-order valence-corrected chi connectivity index (χ0v) is 24.9. The number of piperidine rings is 1. The van der Waals surface area contributed by atoms with Crippen LogP contribution in [0.4, 0.5) is 5.69 Å². The van der Waals surface area contributed by atoms with E-state index in [4.69, 9.17) is 9.47 Å². The number of esters is 2. The summed E-state index contributed by atoms with van der Waals surface area (Å²) < 4.78 is 10.1. The number of hydrogen-bond donors (Lipinski definition) is 3. The van der Waals surface area contributed by atoms with Crippen molar-refractivity contribution in [3.8, 4) is 0 Å². The molecule has 0 spiro atoms. The summed E-state index contributed by atoms with van der Waals surface area (Å²) in [6.45, 7) is 6.05. The summed E-state index contributed by atoms with van der Waals surface area (Å²) in [6, 6.07) is 17.0. The van der Waals surface area contributed by atoms with Crippen LogP contribution in [0.25, 0.3) is 0 Å². The van der Waals surface area contributed by atoms with Crippen LogP contribution in [0.1, 0.15) is 63.0 Å². The fourth-order valence-corrected chi connectivity index (χ4v) is 5.91. The minimum atomic E-state index is -0.765. The Morgan fingerprint density at radius 1 is 0.929 bits per heavy atom. The van der Waals surface area contributed by atoms with Crippen LogP contribution in [-0.2, 0) is 29.5 Å². The van der Waals surface area contributed by atoms with Crippen LogP contribution in [0.15, 0.2) is 77.1 Å². The highest BCUT2D eigenvalue weighted by Crippen LogP contribution is 2.40. The largest absolute Gasteiger partial charge is 0.466 e. The van der Waals surface area contributed by atoms with Gasteiger partial charge in [0.15, 0.2) is 0 Å². The Morgan fingerprint density at radius 3 is 2.14 bits per heavy atom. The van der Waals surface area contributed by atoms with E-state index in [-0.39, 0.29) is 5.91 Å². The maximum absolute atomic E-state index is 12.8. The molecule has 0 bridgehead atoms. The number of dihydropyridines is 1. The highest BCUT2D eigenvalue weighted by Gasteiger charge is 2.38. The Labute approximate surface area is 247 Å². The average Bonchev–Trinajstić information content (AvgIpc) is 2.99. The number of allylic oxidation sites excluding steroid dienone is 2. The predicted octanol–water partition coefficient (Wildman–Crippen LogP) is 4.36. The van der Waals surface area contributed by atoms with Crippen molar-refractivity contribution in [1.82, 2.24) is 10.2 Å². The van der Waals surface area contributed by atoms with Gasteiger partial charge in [0.05, 0.1) is 36.9 Å². The standard InChI is InChI=1S/C33H41N3O6/c1-22-28(31(38)41-3)30(29(23(2)34-22)32(39)42-4)24-11-10-14-26(21-24)35-27(37)15-8-9-18-36-19-16-33(40,17-20-36)25-12-6-5-7-13-25/h5-7,10-14,21,30,34,40H,8-9,15-20H2,1-4H3,(H,35,37). The summed E-state index contributed by atoms with van der Waals surface area (Å²) in [5.41, 5.74) is 3.25. The average molecular weight is 576 g/mol. The van der Waals surface area contributed by atoms with Gasteiger partial charge in [-0.05, 0) is 69.3 Å². The number of likely N-dealkylation sites (tertiary alicyclic amines) is 1. The van der Waals surface area contributed by atoms with Crippen molar-refractivity contribution in [2.24, 2.45) is 0 Å². The molecule has 2 aromatic rings. The number of aliphatic hydroxyl groups is 1. The maximum atomic E-state index is 12.8. The summed E-state index contributed by atoms with van der Waals surface area (Å²) in [5.74, 6) is -1.92. The number of carbonyl (C=O) groups excluding carboxylic acids is 3. The summed E-state index contributed by atoms with van der Waals surface area (Å²) >= 11 is 0. The van der Waals surface area contributed by atoms with Crippen LogP contribution in [0.5, 0.6) is 0 Å². The SMILES string of the molecule is COC(=O)C1=C(C)NC(C)=C(C(=O)OC)C1c1cccc(NC(=O)CCCCN2CCC(O)(c3ccccc3)CC2)c1. The summed E-state index contributed by atoms with van der Waals surface area (Å²) in [7, 11) is 2.60. The molecule has 2 aromatic carbocycles. The molecule has 42 heavy (non-hydrogen) atoms. The minimum Gasteiger partial charge on any atom is -0.466 e. The fourth-order valence-electron chi connectivity index (χ4n) is 5.91. The molecular weight excluding hydrogens is 534 g/mol. The van der Waals surface area contributed by atoms with Crippen molar-refractivity contribution in [1.29, 1.82) is 0 Å². The highest BCUT2D eigenvalue weighted by molar-refractivity contribution is 6.00. The molecule has 0 radical (unpaired) electrons. The molecule has 1 fully saturated rings. The minimum absolute atomic E-state index is 0.102. The Hall–Kier alpha value is -3.95. The molecule has 2 aliphatic heterocycles. The molecule has 9 nitrogen and oxygen atoms in total. The fraction of sp³-hybridized carbons (Fsp3) is 0.424. The third kappa shape index (κ3) is 7.09. The number of amides is 1. The molecular formula is C33H41N3O6. The number of benzene rings is 2. The van der Waals surface area contributed by atoms with Crippen molar-refractivity contribution < 1.29 is 29.0 Å².